The van der Waals surface area contributed by atoms with E-state index in [2.05, 4.69) is 46.5 Å². The zero-order chi connectivity index (χ0) is 14.4. The SMILES string of the molecule is CCCCCC(C)Nc1ccccc1-c1n[nH]c(C)n1. The summed E-state index contributed by atoms with van der Waals surface area (Å²) in [5, 5.41) is 10.7. The number of hydrogen-bond donors (Lipinski definition) is 2. The monoisotopic (exact) mass is 272 g/mol. The highest BCUT2D eigenvalue weighted by molar-refractivity contribution is 5.73. The van der Waals surface area contributed by atoms with Crippen LogP contribution in [0.5, 0.6) is 0 Å². The van der Waals surface area contributed by atoms with Gasteiger partial charge in [0.05, 0.1) is 0 Å². The standard InChI is InChI=1S/C16H24N4/c1-4-5-6-9-12(2)17-15-11-8-7-10-14(15)16-18-13(3)19-20-16/h7-8,10-12,17H,4-6,9H2,1-3H3,(H,18,19,20). The Morgan fingerprint density at radius 2 is 2.05 bits per heavy atom. The number of unbranched alkanes of at least 4 members (excludes halogenated alkanes) is 2. The lowest BCUT2D eigenvalue weighted by atomic mass is 10.1. The largest absolute Gasteiger partial charge is 0.382 e. The van der Waals surface area contributed by atoms with Crippen LogP contribution in [0.1, 0.15) is 45.4 Å². The van der Waals surface area contributed by atoms with Crippen molar-refractivity contribution < 1.29 is 0 Å². The first kappa shape index (κ1) is 14.6. The minimum atomic E-state index is 0.461. The number of aromatic amines is 1. The van der Waals surface area contributed by atoms with E-state index in [0.717, 1.165) is 22.9 Å². The van der Waals surface area contributed by atoms with Crippen LogP contribution in [0.15, 0.2) is 24.3 Å². The van der Waals surface area contributed by atoms with Crippen molar-refractivity contribution in [3.8, 4) is 11.4 Å². The van der Waals surface area contributed by atoms with Crippen LogP contribution < -0.4 is 5.32 Å². The van der Waals surface area contributed by atoms with Crippen LogP contribution in [0.4, 0.5) is 5.69 Å². The molecule has 0 aliphatic carbocycles. The molecule has 0 spiro atoms. The number of nitrogens with one attached hydrogen (secondary N) is 2. The van der Waals surface area contributed by atoms with E-state index in [9.17, 15) is 0 Å². The molecule has 1 aromatic heterocycles. The zero-order valence-corrected chi connectivity index (χ0v) is 12.6. The molecular weight excluding hydrogens is 248 g/mol. The highest BCUT2D eigenvalue weighted by atomic mass is 15.2. The van der Waals surface area contributed by atoms with Crippen molar-refractivity contribution in [2.24, 2.45) is 0 Å². The van der Waals surface area contributed by atoms with Gasteiger partial charge in [-0.2, -0.15) is 5.10 Å². The third-order valence-corrected chi connectivity index (χ3v) is 3.41. The third-order valence-electron chi connectivity index (χ3n) is 3.41. The lowest BCUT2D eigenvalue weighted by molar-refractivity contribution is 0.615. The van der Waals surface area contributed by atoms with Crippen molar-refractivity contribution in [2.45, 2.75) is 52.5 Å². The van der Waals surface area contributed by atoms with Gasteiger partial charge in [-0.15, -0.1) is 0 Å². The van der Waals surface area contributed by atoms with Gasteiger partial charge in [-0.3, -0.25) is 5.10 Å². The van der Waals surface area contributed by atoms with Gasteiger partial charge < -0.3 is 5.32 Å². The van der Waals surface area contributed by atoms with Crippen LogP contribution in [0, 0.1) is 6.92 Å². The molecule has 1 heterocycles. The van der Waals surface area contributed by atoms with Crippen LogP contribution in [0.3, 0.4) is 0 Å². The first-order valence-electron chi connectivity index (χ1n) is 7.45. The van der Waals surface area contributed by atoms with Gasteiger partial charge in [0.1, 0.15) is 5.82 Å². The molecule has 0 saturated heterocycles. The Morgan fingerprint density at radius 1 is 1.25 bits per heavy atom. The smallest absolute Gasteiger partial charge is 0.183 e. The molecule has 4 heteroatoms. The van der Waals surface area contributed by atoms with Crippen molar-refractivity contribution in [1.29, 1.82) is 0 Å². The Kier molecular flexibility index (Phi) is 5.16. The van der Waals surface area contributed by atoms with Crippen LogP contribution in [-0.2, 0) is 0 Å². The van der Waals surface area contributed by atoms with Gasteiger partial charge in [0, 0.05) is 17.3 Å². The summed E-state index contributed by atoms with van der Waals surface area (Å²) in [6, 6.07) is 8.68. The number of H-pyrrole nitrogens is 1. The Bertz CT molecular complexity index is 533. The topological polar surface area (TPSA) is 53.6 Å². The number of rotatable bonds is 7. The van der Waals surface area contributed by atoms with Gasteiger partial charge in [-0.1, -0.05) is 38.3 Å². The zero-order valence-electron chi connectivity index (χ0n) is 12.6. The molecule has 2 aromatic rings. The van der Waals surface area contributed by atoms with Crippen molar-refractivity contribution in [3.63, 3.8) is 0 Å². The maximum Gasteiger partial charge on any atom is 0.183 e. The fourth-order valence-electron chi connectivity index (χ4n) is 2.31. The van der Waals surface area contributed by atoms with E-state index in [1.165, 1.54) is 25.7 Å². The normalized spacial score (nSPS) is 12.3. The lowest BCUT2D eigenvalue weighted by Gasteiger charge is -2.17. The van der Waals surface area contributed by atoms with Gasteiger partial charge in [0.25, 0.3) is 0 Å². The molecule has 0 radical (unpaired) electrons. The second-order valence-corrected chi connectivity index (χ2v) is 5.33. The van der Waals surface area contributed by atoms with Crippen molar-refractivity contribution in [1.82, 2.24) is 15.2 Å². The number of aryl methyl sites for hydroxylation is 1. The van der Waals surface area contributed by atoms with Gasteiger partial charge >= 0.3 is 0 Å². The second-order valence-electron chi connectivity index (χ2n) is 5.33. The molecule has 1 unspecified atom stereocenters. The van der Waals surface area contributed by atoms with E-state index < -0.39 is 0 Å². The van der Waals surface area contributed by atoms with Crippen LogP contribution >= 0.6 is 0 Å². The summed E-state index contributed by atoms with van der Waals surface area (Å²) in [5.74, 6) is 1.59. The molecule has 0 aliphatic heterocycles. The number of nitrogens with zero attached hydrogens (tertiary/aromatic N) is 2. The molecule has 0 fully saturated rings. The molecule has 108 valence electrons. The minimum absolute atomic E-state index is 0.461. The van der Waals surface area contributed by atoms with Crippen molar-refractivity contribution in [2.75, 3.05) is 5.32 Å². The summed E-state index contributed by atoms with van der Waals surface area (Å²) < 4.78 is 0. The number of anilines is 1. The molecule has 1 atom stereocenters. The molecule has 2 N–H and O–H groups in total. The van der Waals surface area contributed by atoms with Crippen LogP contribution in [0.25, 0.3) is 11.4 Å². The average molecular weight is 272 g/mol. The summed E-state index contributed by atoms with van der Waals surface area (Å²) >= 11 is 0. The number of aromatic nitrogens is 3. The van der Waals surface area contributed by atoms with E-state index in [0.29, 0.717) is 6.04 Å². The predicted molar refractivity (Wildman–Crippen MR) is 83.8 cm³/mol. The molecule has 0 saturated carbocycles. The van der Waals surface area contributed by atoms with Crippen molar-refractivity contribution in [3.05, 3.63) is 30.1 Å². The molecule has 2 rings (SSSR count). The molecule has 20 heavy (non-hydrogen) atoms. The number of hydrogen-bond acceptors (Lipinski definition) is 3. The maximum absolute atomic E-state index is 4.42. The molecule has 1 aromatic carbocycles. The van der Waals surface area contributed by atoms with Gasteiger partial charge in [-0.25, -0.2) is 4.98 Å². The molecule has 0 amide bonds. The Balaban J connectivity index is 2.08. The summed E-state index contributed by atoms with van der Waals surface area (Å²) in [4.78, 5) is 4.42. The predicted octanol–water partition coefficient (Wildman–Crippen LogP) is 4.16. The molecule has 0 aliphatic rings. The van der Waals surface area contributed by atoms with E-state index in [4.69, 9.17) is 0 Å². The van der Waals surface area contributed by atoms with E-state index >= 15 is 0 Å². The Hall–Kier alpha value is -1.84. The number of benzene rings is 1. The molecule has 0 bridgehead atoms. The van der Waals surface area contributed by atoms with Crippen molar-refractivity contribution >= 4 is 5.69 Å². The number of para-hydroxylation sites is 1. The maximum atomic E-state index is 4.42. The first-order valence-corrected chi connectivity index (χ1v) is 7.45. The molecule has 4 nitrogen and oxygen atoms in total. The highest BCUT2D eigenvalue weighted by Crippen LogP contribution is 2.25. The summed E-state index contributed by atoms with van der Waals surface area (Å²) in [5.41, 5.74) is 2.16. The minimum Gasteiger partial charge on any atom is -0.382 e. The average Bonchev–Trinajstić information content (AvgIpc) is 2.86. The van der Waals surface area contributed by atoms with E-state index in [1.807, 2.05) is 19.1 Å². The van der Waals surface area contributed by atoms with Gasteiger partial charge in [0.15, 0.2) is 5.82 Å². The fourth-order valence-corrected chi connectivity index (χ4v) is 2.31. The highest BCUT2D eigenvalue weighted by Gasteiger charge is 2.10. The summed E-state index contributed by atoms with van der Waals surface area (Å²) in [7, 11) is 0. The van der Waals surface area contributed by atoms with E-state index in [1.54, 1.807) is 0 Å². The van der Waals surface area contributed by atoms with Crippen LogP contribution in [0.2, 0.25) is 0 Å². The lowest BCUT2D eigenvalue weighted by Crippen LogP contribution is -2.15. The summed E-state index contributed by atoms with van der Waals surface area (Å²) in [6.45, 7) is 6.38. The second kappa shape index (κ2) is 7.08. The Morgan fingerprint density at radius 3 is 2.75 bits per heavy atom. The fraction of sp³-hybridized carbons (Fsp3) is 0.500. The molecular formula is C16H24N4. The summed E-state index contributed by atoms with van der Waals surface area (Å²) in [6.07, 6.45) is 5.02. The van der Waals surface area contributed by atoms with Crippen LogP contribution in [-0.4, -0.2) is 21.2 Å². The third kappa shape index (κ3) is 3.83. The van der Waals surface area contributed by atoms with E-state index in [-0.39, 0.29) is 0 Å². The van der Waals surface area contributed by atoms with Gasteiger partial charge in [-0.05, 0) is 32.4 Å². The van der Waals surface area contributed by atoms with Gasteiger partial charge in [0.2, 0.25) is 0 Å². The Labute approximate surface area is 121 Å². The quantitative estimate of drug-likeness (QED) is 0.744. The first-order chi connectivity index (χ1) is 9.70.